The van der Waals surface area contributed by atoms with E-state index >= 15 is 0 Å². The van der Waals surface area contributed by atoms with Crippen molar-refractivity contribution in [3.05, 3.63) is 29.6 Å². The van der Waals surface area contributed by atoms with Gasteiger partial charge in [-0.3, -0.25) is 0 Å². The lowest BCUT2D eigenvalue weighted by atomic mass is 10.1. The summed E-state index contributed by atoms with van der Waals surface area (Å²) in [7, 11) is 0. The normalized spacial score (nSPS) is 10.1. The van der Waals surface area contributed by atoms with Crippen molar-refractivity contribution in [2.75, 3.05) is 18.1 Å². The highest BCUT2D eigenvalue weighted by atomic mass is 19.1. The van der Waals surface area contributed by atoms with Crippen LogP contribution in [-0.2, 0) is 0 Å². The molecule has 0 aliphatic heterocycles. The van der Waals surface area contributed by atoms with E-state index in [4.69, 9.17) is 16.2 Å². The van der Waals surface area contributed by atoms with Gasteiger partial charge in [-0.15, -0.1) is 0 Å². The van der Waals surface area contributed by atoms with E-state index < -0.39 is 5.82 Å². The van der Waals surface area contributed by atoms with Gasteiger partial charge in [-0.1, -0.05) is 6.92 Å². The summed E-state index contributed by atoms with van der Waals surface area (Å²) in [6.45, 7) is 2.40. The van der Waals surface area contributed by atoms with Gasteiger partial charge in [-0.25, -0.2) is 9.37 Å². The molecule has 0 aliphatic rings. The Balaban J connectivity index is 2.66. The zero-order valence-corrected chi connectivity index (χ0v) is 11.4. The minimum Gasteiger partial charge on any atom is -0.493 e. The minimum absolute atomic E-state index is 0.0381. The summed E-state index contributed by atoms with van der Waals surface area (Å²) in [6, 6.07) is 5.89. The lowest BCUT2D eigenvalue weighted by Gasteiger charge is -2.12. The molecule has 1 aromatic heterocycles. The Morgan fingerprint density at radius 2 is 2.10 bits per heavy atom. The van der Waals surface area contributed by atoms with Crippen LogP contribution in [-0.4, -0.2) is 16.6 Å². The number of benzene rings is 1. The maximum atomic E-state index is 13.5. The van der Waals surface area contributed by atoms with E-state index in [1.54, 1.807) is 0 Å². The molecule has 0 radical (unpaired) electrons. The van der Waals surface area contributed by atoms with Crippen LogP contribution in [0.4, 0.5) is 16.2 Å². The number of rotatable bonds is 4. The first-order valence-electron chi connectivity index (χ1n) is 6.32. The number of hydrogen-bond acceptors (Lipinski definition) is 6. The van der Waals surface area contributed by atoms with E-state index in [9.17, 15) is 9.65 Å². The van der Waals surface area contributed by atoms with Crippen molar-refractivity contribution in [2.24, 2.45) is 0 Å². The van der Waals surface area contributed by atoms with E-state index in [1.165, 1.54) is 18.2 Å². The molecule has 0 spiro atoms. The standard InChI is InChI=1S/C14H14FN5O/c1-2-5-21-11-4-3-8(15)6-9(11)12-10(7-16)13(17)20-14(18)19-12/h3-4,6H,2,5H2,1H3,(H4,17,18,19,20). The number of nitriles is 1. The topological polar surface area (TPSA) is 111 Å². The van der Waals surface area contributed by atoms with Gasteiger partial charge in [0, 0.05) is 5.56 Å². The molecule has 6 nitrogen and oxygen atoms in total. The molecule has 2 aromatic rings. The molecule has 0 saturated carbocycles. The quantitative estimate of drug-likeness (QED) is 0.890. The van der Waals surface area contributed by atoms with E-state index in [0.717, 1.165) is 6.42 Å². The number of nitrogen functional groups attached to an aromatic ring is 2. The van der Waals surface area contributed by atoms with Crippen LogP contribution in [0.1, 0.15) is 18.9 Å². The van der Waals surface area contributed by atoms with Gasteiger partial charge >= 0.3 is 0 Å². The Morgan fingerprint density at radius 3 is 2.76 bits per heavy atom. The number of ether oxygens (including phenoxy) is 1. The highest BCUT2D eigenvalue weighted by Crippen LogP contribution is 2.33. The fourth-order valence-corrected chi connectivity index (χ4v) is 1.83. The molecule has 1 heterocycles. The van der Waals surface area contributed by atoms with Crippen molar-refractivity contribution in [3.63, 3.8) is 0 Å². The predicted octanol–water partition coefficient (Wildman–Crippen LogP) is 2.11. The van der Waals surface area contributed by atoms with E-state index in [1.807, 2.05) is 13.0 Å². The molecule has 108 valence electrons. The van der Waals surface area contributed by atoms with Crippen LogP contribution in [0.2, 0.25) is 0 Å². The molecule has 0 fully saturated rings. The first kappa shape index (κ1) is 14.5. The Bertz CT molecular complexity index is 711. The zero-order chi connectivity index (χ0) is 15.4. The second-order valence-corrected chi connectivity index (χ2v) is 4.29. The molecule has 2 rings (SSSR count). The fourth-order valence-electron chi connectivity index (χ4n) is 1.83. The van der Waals surface area contributed by atoms with Gasteiger partial charge in [0.1, 0.15) is 29.0 Å². The average Bonchev–Trinajstić information content (AvgIpc) is 2.45. The molecule has 7 heteroatoms. The van der Waals surface area contributed by atoms with Crippen LogP contribution in [0.15, 0.2) is 18.2 Å². The molecule has 0 saturated heterocycles. The van der Waals surface area contributed by atoms with Gasteiger partial charge in [-0.05, 0) is 24.6 Å². The lowest BCUT2D eigenvalue weighted by molar-refractivity contribution is 0.318. The van der Waals surface area contributed by atoms with Crippen molar-refractivity contribution in [2.45, 2.75) is 13.3 Å². The van der Waals surface area contributed by atoms with Crippen molar-refractivity contribution in [1.82, 2.24) is 9.97 Å². The van der Waals surface area contributed by atoms with Gasteiger partial charge in [0.05, 0.1) is 12.3 Å². The Kier molecular flexibility index (Phi) is 4.18. The minimum atomic E-state index is -0.478. The Labute approximate surface area is 121 Å². The van der Waals surface area contributed by atoms with Gasteiger partial charge in [0.2, 0.25) is 5.95 Å². The Hall–Kier alpha value is -2.88. The van der Waals surface area contributed by atoms with Crippen LogP contribution in [0.5, 0.6) is 5.75 Å². The lowest BCUT2D eigenvalue weighted by Crippen LogP contribution is -2.06. The molecule has 0 unspecified atom stereocenters. The second kappa shape index (κ2) is 6.05. The number of nitrogens with two attached hydrogens (primary N) is 2. The SMILES string of the molecule is CCCOc1ccc(F)cc1-c1nc(N)nc(N)c1C#N. The molecule has 4 N–H and O–H groups in total. The zero-order valence-electron chi connectivity index (χ0n) is 11.4. The molecular formula is C14H14FN5O. The summed E-state index contributed by atoms with van der Waals surface area (Å²) in [4.78, 5) is 7.73. The highest BCUT2D eigenvalue weighted by Gasteiger charge is 2.17. The van der Waals surface area contributed by atoms with Gasteiger partial charge in [0.15, 0.2) is 0 Å². The second-order valence-electron chi connectivity index (χ2n) is 4.29. The molecule has 21 heavy (non-hydrogen) atoms. The Morgan fingerprint density at radius 1 is 1.33 bits per heavy atom. The molecular weight excluding hydrogens is 273 g/mol. The number of hydrogen-bond donors (Lipinski definition) is 2. The van der Waals surface area contributed by atoms with Crippen LogP contribution in [0.25, 0.3) is 11.3 Å². The predicted molar refractivity (Wildman–Crippen MR) is 76.8 cm³/mol. The molecule has 0 amide bonds. The maximum Gasteiger partial charge on any atom is 0.222 e. The largest absolute Gasteiger partial charge is 0.493 e. The smallest absolute Gasteiger partial charge is 0.222 e. The van der Waals surface area contributed by atoms with E-state index in [0.29, 0.717) is 17.9 Å². The van der Waals surface area contributed by atoms with Crippen molar-refractivity contribution >= 4 is 11.8 Å². The van der Waals surface area contributed by atoms with Crippen LogP contribution in [0.3, 0.4) is 0 Å². The van der Waals surface area contributed by atoms with Gasteiger partial charge in [-0.2, -0.15) is 10.2 Å². The summed E-state index contributed by atoms with van der Waals surface area (Å²) >= 11 is 0. The summed E-state index contributed by atoms with van der Waals surface area (Å²) in [5, 5.41) is 9.20. The highest BCUT2D eigenvalue weighted by molar-refractivity contribution is 5.77. The third kappa shape index (κ3) is 3.00. The van der Waals surface area contributed by atoms with Crippen LogP contribution >= 0.6 is 0 Å². The first-order chi connectivity index (χ1) is 10.1. The molecule has 0 atom stereocenters. The van der Waals surface area contributed by atoms with Gasteiger partial charge < -0.3 is 16.2 Å². The summed E-state index contributed by atoms with van der Waals surface area (Å²) in [6.07, 6.45) is 0.788. The number of halogens is 1. The molecule has 0 aliphatic carbocycles. The fraction of sp³-hybridized carbons (Fsp3) is 0.214. The molecule has 1 aromatic carbocycles. The van der Waals surface area contributed by atoms with Crippen LogP contribution < -0.4 is 16.2 Å². The van der Waals surface area contributed by atoms with Crippen LogP contribution in [0, 0.1) is 17.1 Å². The van der Waals surface area contributed by atoms with Crippen molar-refractivity contribution in [1.29, 1.82) is 5.26 Å². The molecule has 0 bridgehead atoms. The third-order valence-electron chi connectivity index (χ3n) is 2.72. The monoisotopic (exact) mass is 287 g/mol. The summed E-state index contributed by atoms with van der Waals surface area (Å²) in [5.41, 5.74) is 11.8. The first-order valence-corrected chi connectivity index (χ1v) is 6.32. The van der Waals surface area contributed by atoms with E-state index in [-0.39, 0.29) is 23.0 Å². The third-order valence-corrected chi connectivity index (χ3v) is 2.72. The number of aromatic nitrogens is 2. The summed E-state index contributed by atoms with van der Waals surface area (Å²) in [5.74, 6) is -0.210. The number of anilines is 2. The number of nitrogens with zero attached hydrogens (tertiary/aromatic N) is 3. The van der Waals surface area contributed by atoms with Crippen molar-refractivity contribution < 1.29 is 9.13 Å². The summed E-state index contributed by atoms with van der Waals surface area (Å²) < 4.78 is 19.1. The van der Waals surface area contributed by atoms with E-state index in [2.05, 4.69) is 9.97 Å². The maximum absolute atomic E-state index is 13.5. The van der Waals surface area contributed by atoms with Gasteiger partial charge in [0.25, 0.3) is 0 Å². The average molecular weight is 287 g/mol. The van der Waals surface area contributed by atoms with Crippen molar-refractivity contribution in [3.8, 4) is 23.1 Å².